The second-order valence-corrected chi connectivity index (χ2v) is 11.2. The van der Waals surface area contributed by atoms with E-state index in [1.54, 1.807) is 36.4 Å². The lowest BCUT2D eigenvalue weighted by Crippen LogP contribution is -2.08. The van der Waals surface area contributed by atoms with Crippen LogP contribution in [0, 0.1) is 0 Å². The minimum atomic E-state index is -0.414. The van der Waals surface area contributed by atoms with Crippen molar-refractivity contribution >= 4 is 17.4 Å². The molecule has 0 spiro atoms. The number of hydrogen-bond acceptors (Lipinski definition) is 5. The van der Waals surface area contributed by atoms with Crippen LogP contribution in [0.4, 0.5) is 5.69 Å². The number of rotatable bonds is 23. The molecule has 2 aromatic carbocycles. The molecular weight excluding hydrogens is 510 g/mol. The van der Waals surface area contributed by atoms with Gasteiger partial charge >= 0.3 is 5.97 Å². The fourth-order valence-electron chi connectivity index (χ4n) is 4.87. The van der Waals surface area contributed by atoms with Gasteiger partial charge in [-0.3, -0.25) is 4.79 Å². The lowest BCUT2D eigenvalue weighted by Gasteiger charge is -2.09. The standard InChI is InChI=1S/C36H53NO4/c1-4-5-6-7-8-9-10-11-12-13-14-15-16-17-18-19-28-40-34-24-20-32(21-25-34)36(39)41-35-26-22-33(23-27-35)37-30(2)29-31(3)38/h20-27,29,37H,4-19,28H2,1-3H3/b30-29-. The minimum absolute atomic E-state index is 0.0165. The molecule has 226 valence electrons. The van der Waals surface area contributed by atoms with Crippen LogP contribution in [0.1, 0.15) is 134 Å². The lowest BCUT2D eigenvalue weighted by atomic mass is 10.0. The van der Waals surface area contributed by atoms with Gasteiger partial charge in [0.1, 0.15) is 11.5 Å². The molecule has 0 radical (unpaired) electrons. The van der Waals surface area contributed by atoms with E-state index in [-0.39, 0.29) is 5.78 Å². The lowest BCUT2D eigenvalue weighted by molar-refractivity contribution is -0.112. The summed E-state index contributed by atoms with van der Waals surface area (Å²) >= 11 is 0. The molecule has 1 N–H and O–H groups in total. The van der Waals surface area contributed by atoms with Crippen molar-refractivity contribution in [2.45, 2.75) is 124 Å². The highest BCUT2D eigenvalue weighted by Gasteiger charge is 2.09. The number of unbranched alkanes of at least 4 members (excludes halogenated alkanes) is 15. The van der Waals surface area contributed by atoms with Crippen molar-refractivity contribution in [2.75, 3.05) is 11.9 Å². The molecule has 0 aliphatic rings. The number of ether oxygens (including phenoxy) is 2. The summed E-state index contributed by atoms with van der Waals surface area (Å²) in [5.74, 6) is 0.796. The number of esters is 1. The number of ketones is 1. The highest BCUT2D eigenvalue weighted by atomic mass is 16.5. The summed E-state index contributed by atoms with van der Waals surface area (Å²) in [7, 11) is 0. The molecule has 0 heterocycles. The molecular formula is C36H53NO4. The molecule has 0 saturated carbocycles. The molecule has 0 amide bonds. The third-order valence-corrected chi connectivity index (χ3v) is 7.18. The first-order valence-corrected chi connectivity index (χ1v) is 16.0. The van der Waals surface area contributed by atoms with Gasteiger partial charge in [-0.25, -0.2) is 4.79 Å². The predicted molar refractivity (Wildman–Crippen MR) is 171 cm³/mol. The number of benzene rings is 2. The summed E-state index contributed by atoms with van der Waals surface area (Å²) in [5, 5.41) is 3.13. The van der Waals surface area contributed by atoms with E-state index in [4.69, 9.17) is 9.47 Å². The molecule has 0 aliphatic heterocycles. The molecule has 41 heavy (non-hydrogen) atoms. The maximum absolute atomic E-state index is 12.5. The van der Waals surface area contributed by atoms with Gasteiger partial charge < -0.3 is 14.8 Å². The van der Waals surface area contributed by atoms with Crippen LogP contribution in [0.25, 0.3) is 0 Å². The Morgan fingerprint density at radius 3 is 1.59 bits per heavy atom. The van der Waals surface area contributed by atoms with Crippen LogP contribution in [0.2, 0.25) is 0 Å². The van der Waals surface area contributed by atoms with Crippen molar-refractivity contribution < 1.29 is 19.1 Å². The van der Waals surface area contributed by atoms with Gasteiger partial charge in [-0.15, -0.1) is 0 Å². The molecule has 0 unspecified atom stereocenters. The Hall–Kier alpha value is -3.08. The first-order chi connectivity index (χ1) is 20.0. The number of carbonyl (C=O) groups is 2. The number of nitrogens with one attached hydrogen (secondary N) is 1. The molecule has 2 rings (SSSR count). The van der Waals surface area contributed by atoms with Gasteiger partial charge in [0.25, 0.3) is 0 Å². The van der Waals surface area contributed by atoms with E-state index in [0.717, 1.165) is 23.6 Å². The van der Waals surface area contributed by atoms with E-state index in [1.165, 1.54) is 109 Å². The third-order valence-electron chi connectivity index (χ3n) is 7.18. The highest BCUT2D eigenvalue weighted by Crippen LogP contribution is 2.20. The Bertz CT molecular complexity index is 1010. The number of carbonyl (C=O) groups excluding carboxylic acids is 2. The van der Waals surface area contributed by atoms with E-state index in [0.29, 0.717) is 17.9 Å². The maximum Gasteiger partial charge on any atom is 0.343 e. The predicted octanol–water partition coefficient (Wildman–Crippen LogP) is 10.5. The first kappa shape index (κ1) is 34.1. The van der Waals surface area contributed by atoms with E-state index < -0.39 is 5.97 Å². The summed E-state index contributed by atoms with van der Waals surface area (Å²) in [6, 6.07) is 14.1. The fourth-order valence-corrected chi connectivity index (χ4v) is 4.87. The zero-order valence-electron chi connectivity index (χ0n) is 25.8. The van der Waals surface area contributed by atoms with Gasteiger partial charge in [0, 0.05) is 11.4 Å². The van der Waals surface area contributed by atoms with Crippen molar-refractivity contribution in [2.24, 2.45) is 0 Å². The fraction of sp³-hybridized carbons (Fsp3) is 0.556. The topological polar surface area (TPSA) is 64.6 Å². The Balaban J connectivity index is 1.49. The second-order valence-electron chi connectivity index (χ2n) is 11.2. The van der Waals surface area contributed by atoms with E-state index in [9.17, 15) is 9.59 Å². The average Bonchev–Trinajstić information content (AvgIpc) is 2.95. The Labute approximate surface area is 249 Å². The summed E-state index contributed by atoms with van der Waals surface area (Å²) in [6.07, 6.45) is 23.2. The van der Waals surface area contributed by atoms with Gasteiger partial charge in [-0.2, -0.15) is 0 Å². The normalized spacial score (nSPS) is 11.3. The zero-order chi connectivity index (χ0) is 29.5. The monoisotopic (exact) mass is 563 g/mol. The van der Waals surface area contributed by atoms with E-state index in [2.05, 4.69) is 12.2 Å². The summed E-state index contributed by atoms with van der Waals surface area (Å²) in [4.78, 5) is 23.7. The van der Waals surface area contributed by atoms with Gasteiger partial charge in [0.2, 0.25) is 0 Å². The summed E-state index contributed by atoms with van der Waals surface area (Å²) in [6.45, 7) is 6.31. The third kappa shape index (κ3) is 16.7. The molecule has 5 heteroatoms. The Morgan fingerprint density at radius 1 is 0.634 bits per heavy atom. The largest absolute Gasteiger partial charge is 0.494 e. The molecule has 0 aromatic heterocycles. The quantitative estimate of drug-likeness (QED) is 0.0630. The van der Waals surface area contributed by atoms with Crippen LogP contribution in [-0.2, 0) is 4.79 Å². The minimum Gasteiger partial charge on any atom is -0.494 e. The van der Waals surface area contributed by atoms with Crippen LogP contribution in [-0.4, -0.2) is 18.4 Å². The number of anilines is 1. The molecule has 0 fully saturated rings. The van der Waals surface area contributed by atoms with Gasteiger partial charge in [0.15, 0.2) is 5.78 Å². The van der Waals surface area contributed by atoms with Crippen LogP contribution < -0.4 is 14.8 Å². The van der Waals surface area contributed by atoms with Gasteiger partial charge in [-0.1, -0.05) is 103 Å². The van der Waals surface area contributed by atoms with Gasteiger partial charge in [-0.05, 0) is 74.9 Å². The number of allylic oxidation sites excluding steroid dienone is 2. The molecule has 2 aromatic rings. The Morgan fingerprint density at radius 2 is 1.10 bits per heavy atom. The SMILES string of the molecule is CCCCCCCCCCCCCCCCCCOc1ccc(C(=O)Oc2ccc(N/C(C)=C\C(C)=O)cc2)cc1. The average molecular weight is 564 g/mol. The van der Waals surface area contributed by atoms with Crippen LogP contribution >= 0.6 is 0 Å². The van der Waals surface area contributed by atoms with Crippen LogP contribution in [0.5, 0.6) is 11.5 Å². The second kappa shape index (κ2) is 21.6. The van der Waals surface area contributed by atoms with Crippen LogP contribution in [0.15, 0.2) is 60.3 Å². The molecule has 5 nitrogen and oxygen atoms in total. The number of hydrogen-bond donors (Lipinski definition) is 1. The van der Waals surface area contributed by atoms with Crippen molar-refractivity contribution in [3.63, 3.8) is 0 Å². The van der Waals surface area contributed by atoms with Crippen molar-refractivity contribution in [1.29, 1.82) is 0 Å². The summed E-state index contributed by atoms with van der Waals surface area (Å²) < 4.78 is 11.3. The highest BCUT2D eigenvalue weighted by molar-refractivity contribution is 5.91. The van der Waals surface area contributed by atoms with Crippen molar-refractivity contribution in [3.05, 3.63) is 65.9 Å². The maximum atomic E-state index is 12.5. The summed E-state index contributed by atoms with van der Waals surface area (Å²) in [5.41, 5.74) is 2.03. The van der Waals surface area contributed by atoms with Gasteiger partial charge in [0.05, 0.1) is 12.2 Å². The first-order valence-electron chi connectivity index (χ1n) is 16.0. The molecule has 0 atom stereocenters. The van der Waals surface area contributed by atoms with Crippen molar-refractivity contribution in [3.8, 4) is 11.5 Å². The molecule has 0 aliphatic carbocycles. The smallest absolute Gasteiger partial charge is 0.343 e. The van der Waals surface area contributed by atoms with E-state index in [1.807, 2.05) is 19.1 Å². The van der Waals surface area contributed by atoms with E-state index >= 15 is 0 Å². The Kier molecular flexibility index (Phi) is 18.0. The van der Waals surface area contributed by atoms with Crippen molar-refractivity contribution in [1.82, 2.24) is 0 Å². The zero-order valence-corrected chi connectivity index (χ0v) is 25.8. The molecule has 0 saturated heterocycles. The van der Waals surface area contributed by atoms with Crippen LogP contribution in [0.3, 0.4) is 0 Å². The molecule has 0 bridgehead atoms.